The first-order valence-corrected chi connectivity index (χ1v) is 8.35. The molecule has 0 radical (unpaired) electrons. The van der Waals surface area contributed by atoms with Crippen LogP contribution in [0.3, 0.4) is 0 Å². The number of aliphatic hydroxyl groups is 1. The maximum absolute atomic E-state index is 9.55. The maximum atomic E-state index is 9.55. The van der Waals surface area contributed by atoms with Crippen molar-refractivity contribution in [1.29, 1.82) is 0 Å². The molecule has 0 bridgehead atoms. The van der Waals surface area contributed by atoms with Crippen molar-refractivity contribution in [2.45, 2.75) is 83.0 Å². The summed E-state index contributed by atoms with van der Waals surface area (Å²) in [6, 6.07) is 0. The minimum Gasteiger partial charge on any atom is -0.393 e. The van der Waals surface area contributed by atoms with Gasteiger partial charge in [0.25, 0.3) is 0 Å². The van der Waals surface area contributed by atoms with Gasteiger partial charge in [0, 0.05) is 13.2 Å². The summed E-state index contributed by atoms with van der Waals surface area (Å²) in [4.78, 5) is 0. The molecule has 0 aromatic rings. The smallest absolute Gasteiger partial charge is 0.157 e. The second-order valence-corrected chi connectivity index (χ2v) is 5.76. The van der Waals surface area contributed by atoms with Gasteiger partial charge in [-0.1, -0.05) is 38.2 Å². The Bertz CT molecular complexity index is 224. The Hall–Kier alpha value is -0.380. The fourth-order valence-corrected chi connectivity index (χ4v) is 2.56. The van der Waals surface area contributed by atoms with Crippen LogP contribution < -0.4 is 0 Å². The fourth-order valence-electron chi connectivity index (χ4n) is 2.56. The Kier molecular flexibility index (Phi) is 10.9. The number of hydrogen-bond donors (Lipinski definition) is 1. The first-order valence-electron chi connectivity index (χ1n) is 8.35. The van der Waals surface area contributed by atoms with Gasteiger partial charge >= 0.3 is 0 Å². The van der Waals surface area contributed by atoms with Crippen LogP contribution in [0.15, 0.2) is 12.7 Å². The summed E-state index contributed by atoms with van der Waals surface area (Å²) >= 11 is 0. The van der Waals surface area contributed by atoms with E-state index in [-0.39, 0.29) is 12.4 Å². The van der Waals surface area contributed by atoms with Crippen LogP contribution in [0.1, 0.15) is 70.6 Å². The average molecular weight is 284 g/mol. The van der Waals surface area contributed by atoms with Crippen molar-refractivity contribution < 1.29 is 14.6 Å². The van der Waals surface area contributed by atoms with Gasteiger partial charge in [-0.05, 0) is 38.5 Å². The fraction of sp³-hybridized carbons (Fsp3) is 0.882. The predicted octanol–water partition coefficient (Wildman–Crippen LogP) is 4.20. The van der Waals surface area contributed by atoms with E-state index in [1.807, 2.05) is 0 Å². The Balaban J connectivity index is 1.77. The monoisotopic (exact) mass is 284 g/mol. The lowest BCUT2D eigenvalue weighted by Crippen LogP contribution is -2.22. The first-order chi connectivity index (χ1) is 9.83. The van der Waals surface area contributed by atoms with Gasteiger partial charge in [0.05, 0.1) is 6.10 Å². The number of aliphatic hydroxyl groups excluding tert-OH is 1. The molecular weight excluding hydrogens is 252 g/mol. The third-order valence-corrected chi connectivity index (χ3v) is 3.81. The van der Waals surface area contributed by atoms with Crippen LogP contribution >= 0.6 is 0 Å². The molecule has 1 fully saturated rings. The molecule has 1 saturated heterocycles. The van der Waals surface area contributed by atoms with Gasteiger partial charge in [0.2, 0.25) is 0 Å². The molecule has 0 aromatic carbocycles. The summed E-state index contributed by atoms with van der Waals surface area (Å²) in [6.07, 6.45) is 14.1. The lowest BCUT2D eigenvalue weighted by atomic mass is 10.1. The minimum absolute atomic E-state index is 0.0649. The van der Waals surface area contributed by atoms with E-state index in [1.165, 1.54) is 38.5 Å². The van der Waals surface area contributed by atoms with Crippen LogP contribution in [0.5, 0.6) is 0 Å². The lowest BCUT2D eigenvalue weighted by Gasteiger charge is -2.22. The molecule has 0 saturated carbocycles. The van der Waals surface area contributed by atoms with Gasteiger partial charge in [0.15, 0.2) is 6.29 Å². The van der Waals surface area contributed by atoms with Crippen molar-refractivity contribution in [3.8, 4) is 0 Å². The molecule has 1 N–H and O–H groups in total. The minimum atomic E-state index is -0.184. The molecular formula is C17H32O3. The molecule has 1 aliphatic rings. The van der Waals surface area contributed by atoms with Crippen LogP contribution in [0.4, 0.5) is 0 Å². The predicted molar refractivity (Wildman–Crippen MR) is 82.7 cm³/mol. The van der Waals surface area contributed by atoms with Crippen LogP contribution in [-0.2, 0) is 9.47 Å². The topological polar surface area (TPSA) is 38.7 Å². The standard InChI is InChI=1S/C17H32O3/c1-2-11-16(18)12-7-5-3-4-6-9-14-19-17-13-8-10-15-20-17/h2,16-18H,1,3-15H2. The van der Waals surface area contributed by atoms with Gasteiger partial charge in [-0.15, -0.1) is 6.58 Å². The highest BCUT2D eigenvalue weighted by Crippen LogP contribution is 2.15. The molecule has 0 aliphatic carbocycles. The summed E-state index contributed by atoms with van der Waals surface area (Å²) < 4.78 is 11.2. The third-order valence-electron chi connectivity index (χ3n) is 3.81. The zero-order valence-electron chi connectivity index (χ0n) is 12.9. The van der Waals surface area contributed by atoms with Crippen LogP contribution in [0.2, 0.25) is 0 Å². The zero-order chi connectivity index (χ0) is 14.5. The second-order valence-electron chi connectivity index (χ2n) is 5.76. The zero-order valence-corrected chi connectivity index (χ0v) is 12.9. The summed E-state index contributed by atoms with van der Waals surface area (Å²) in [7, 11) is 0. The third kappa shape index (κ3) is 9.51. The lowest BCUT2D eigenvalue weighted by molar-refractivity contribution is -0.162. The van der Waals surface area contributed by atoms with E-state index in [0.29, 0.717) is 0 Å². The molecule has 0 aromatic heterocycles. The van der Waals surface area contributed by atoms with Gasteiger partial charge in [-0.25, -0.2) is 0 Å². The molecule has 3 nitrogen and oxygen atoms in total. The first kappa shape index (κ1) is 17.7. The second kappa shape index (κ2) is 12.4. The molecule has 2 atom stereocenters. The summed E-state index contributed by atoms with van der Waals surface area (Å²) in [5.41, 5.74) is 0. The molecule has 2 unspecified atom stereocenters. The van der Waals surface area contributed by atoms with E-state index in [0.717, 1.165) is 45.3 Å². The molecule has 118 valence electrons. The van der Waals surface area contributed by atoms with E-state index in [9.17, 15) is 5.11 Å². The molecule has 1 aliphatic heterocycles. The van der Waals surface area contributed by atoms with Crippen molar-refractivity contribution in [1.82, 2.24) is 0 Å². The quantitative estimate of drug-likeness (QED) is 0.431. The van der Waals surface area contributed by atoms with Gasteiger partial charge in [0.1, 0.15) is 0 Å². The number of unbranched alkanes of at least 4 members (excludes halogenated alkanes) is 5. The van der Waals surface area contributed by atoms with Gasteiger partial charge in [-0.3, -0.25) is 0 Å². The highest BCUT2D eigenvalue weighted by atomic mass is 16.7. The van der Waals surface area contributed by atoms with Crippen LogP contribution in [-0.4, -0.2) is 30.7 Å². The summed E-state index contributed by atoms with van der Waals surface area (Å²) in [5.74, 6) is 0. The van der Waals surface area contributed by atoms with E-state index >= 15 is 0 Å². The van der Waals surface area contributed by atoms with Gasteiger partial charge < -0.3 is 14.6 Å². The van der Waals surface area contributed by atoms with Crippen LogP contribution in [0, 0.1) is 0 Å². The molecule has 20 heavy (non-hydrogen) atoms. The summed E-state index contributed by atoms with van der Waals surface area (Å²) in [5, 5.41) is 9.55. The average Bonchev–Trinajstić information content (AvgIpc) is 2.47. The van der Waals surface area contributed by atoms with E-state index in [1.54, 1.807) is 6.08 Å². The van der Waals surface area contributed by atoms with Crippen molar-refractivity contribution in [2.24, 2.45) is 0 Å². The number of ether oxygens (including phenoxy) is 2. The Morgan fingerprint density at radius 2 is 1.90 bits per heavy atom. The Morgan fingerprint density at radius 3 is 2.60 bits per heavy atom. The largest absolute Gasteiger partial charge is 0.393 e. The molecule has 3 heteroatoms. The van der Waals surface area contributed by atoms with E-state index < -0.39 is 0 Å². The molecule has 1 rings (SSSR count). The van der Waals surface area contributed by atoms with Crippen molar-refractivity contribution in [3.05, 3.63) is 12.7 Å². The van der Waals surface area contributed by atoms with Crippen LogP contribution in [0.25, 0.3) is 0 Å². The normalized spacial score (nSPS) is 20.8. The number of rotatable bonds is 12. The highest BCUT2D eigenvalue weighted by molar-refractivity contribution is 4.71. The Morgan fingerprint density at radius 1 is 1.15 bits per heavy atom. The van der Waals surface area contributed by atoms with E-state index in [4.69, 9.17) is 9.47 Å². The SMILES string of the molecule is C=CCC(O)CCCCCCCCOC1CCCCO1. The Labute approximate surface area is 124 Å². The molecule has 0 spiro atoms. The summed E-state index contributed by atoms with van der Waals surface area (Å²) in [6.45, 7) is 5.34. The van der Waals surface area contributed by atoms with E-state index in [2.05, 4.69) is 6.58 Å². The molecule has 0 amide bonds. The highest BCUT2D eigenvalue weighted by Gasteiger charge is 2.13. The maximum Gasteiger partial charge on any atom is 0.157 e. The van der Waals surface area contributed by atoms with Crippen molar-refractivity contribution in [3.63, 3.8) is 0 Å². The molecule has 1 heterocycles. The van der Waals surface area contributed by atoms with Gasteiger partial charge in [-0.2, -0.15) is 0 Å². The number of hydrogen-bond acceptors (Lipinski definition) is 3. The van der Waals surface area contributed by atoms with Crippen molar-refractivity contribution in [2.75, 3.05) is 13.2 Å². The van der Waals surface area contributed by atoms with Crippen molar-refractivity contribution >= 4 is 0 Å².